The lowest BCUT2D eigenvalue weighted by Crippen LogP contribution is -2.03. The molecule has 1 aromatic carbocycles. The zero-order valence-electron chi connectivity index (χ0n) is 10.8. The normalized spacial score (nSPS) is 12.3. The number of hydrogen-bond donors (Lipinski definition) is 1. The Morgan fingerprint density at radius 2 is 2.11 bits per heavy atom. The lowest BCUT2D eigenvalue weighted by molar-refractivity contribution is 0.0644. The summed E-state index contributed by atoms with van der Waals surface area (Å²) in [5.74, 6) is -0.961. The average molecular weight is 261 g/mol. The van der Waals surface area contributed by atoms with Crippen molar-refractivity contribution in [3.63, 3.8) is 0 Å². The van der Waals surface area contributed by atoms with E-state index in [-0.39, 0.29) is 11.7 Å². The number of carboxylic acid groups (broad SMARTS) is 1. The summed E-state index contributed by atoms with van der Waals surface area (Å²) in [4.78, 5) is 15.3. The Morgan fingerprint density at radius 3 is 2.58 bits per heavy atom. The van der Waals surface area contributed by atoms with Gasteiger partial charge in [0.25, 0.3) is 0 Å². The molecule has 0 saturated heterocycles. The molecular formula is C14H15NO4. The van der Waals surface area contributed by atoms with Crippen LogP contribution in [0.5, 0.6) is 0 Å². The van der Waals surface area contributed by atoms with E-state index in [2.05, 4.69) is 4.98 Å². The van der Waals surface area contributed by atoms with Crippen molar-refractivity contribution in [3.8, 4) is 0 Å². The Kier molecular flexibility index (Phi) is 3.97. The van der Waals surface area contributed by atoms with E-state index in [0.717, 1.165) is 5.56 Å². The van der Waals surface area contributed by atoms with Crippen LogP contribution in [0.2, 0.25) is 0 Å². The summed E-state index contributed by atoms with van der Waals surface area (Å²) >= 11 is 0. The van der Waals surface area contributed by atoms with Crippen LogP contribution in [0.25, 0.3) is 0 Å². The second-order valence-electron chi connectivity index (χ2n) is 4.01. The average Bonchev–Trinajstić information content (AvgIpc) is 2.85. The minimum atomic E-state index is -1.11. The number of aromatic nitrogens is 1. The first-order valence-corrected chi connectivity index (χ1v) is 5.98. The molecule has 0 spiro atoms. The monoisotopic (exact) mass is 261 g/mol. The van der Waals surface area contributed by atoms with Crippen LogP contribution in [0, 0.1) is 0 Å². The molecule has 2 rings (SSSR count). The number of rotatable bonds is 5. The summed E-state index contributed by atoms with van der Waals surface area (Å²) in [6, 6.07) is 9.41. The van der Waals surface area contributed by atoms with E-state index >= 15 is 0 Å². The van der Waals surface area contributed by atoms with E-state index in [1.54, 1.807) is 0 Å². The molecule has 5 heteroatoms. The fourth-order valence-corrected chi connectivity index (χ4v) is 1.90. The van der Waals surface area contributed by atoms with Crippen LogP contribution >= 0.6 is 0 Å². The van der Waals surface area contributed by atoms with Gasteiger partial charge in [-0.1, -0.05) is 37.3 Å². The molecule has 0 bridgehead atoms. The highest BCUT2D eigenvalue weighted by atomic mass is 16.5. The standard InChI is InChI=1S/C14H15NO4/c1-3-10-12(14(16)17)19-13(15-10)11(18-2)9-7-5-4-6-8-9/h4-8,11H,3H2,1-2H3,(H,16,17). The topological polar surface area (TPSA) is 72.6 Å². The van der Waals surface area contributed by atoms with Gasteiger partial charge < -0.3 is 14.3 Å². The molecule has 0 radical (unpaired) electrons. The first kappa shape index (κ1) is 13.3. The van der Waals surface area contributed by atoms with Crippen molar-refractivity contribution in [2.45, 2.75) is 19.4 Å². The van der Waals surface area contributed by atoms with E-state index in [1.165, 1.54) is 7.11 Å². The zero-order valence-corrected chi connectivity index (χ0v) is 10.8. The third kappa shape index (κ3) is 2.66. The highest BCUT2D eigenvalue weighted by molar-refractivity contribution is 5.85. The van der Waals surface area contributed by atoms with Crippen LogP contribution in [0.4, 0.5) is 0 Å². The van der Waals surface area contributed by atoms with Crippen LogP contribution in [-0.2, 0) is 11.2 Å². The van der Waals surface area contributed by atoms with Gasteiger partial charge in [-0.15, -0.1) is 0 Å². The van der Waals surface area contributed by atoms with Gasteiger partial charge in [0.15, 0.2) is 6.10 Å². The largest absolute Gasteiger partial charge is 0.475 e. The molecule has 0 aliphatic carbocycles. The van der Waals surface area contributed by atoms with Crippen molar-refractivity contribution in [2.75, 3.05) is 7.11 Å². The fourth-order valence-electron chi connectivity index (χ4n) is 1.90. The van der Waals surface area contributed by atoms with E-state index in [9.17, 15) is 4.79 Å². The minimum absolute atomic E-state index is 0.115. The summed E-state index contributed by atoms with van der Waals surface area (Å²) in [5.41, 5.74) is 1.30. The molecule has 1 atom stereocenters. The number of aromatic carboxylic acids is 1. The fraction of sp³-hybridized carbons (Fsp3) is 0.286. The van der Waals surface area contributed by atoms with Crippen molar-refractivity contribution in [2.24, 2.45) is 0 Å². The molecule has 0 aliphatic heterocycles. The highest BCUT2D eigenvalue weighted by Gasteiger charge is 2.24. The second-order valence-corrected chi connectivity index (χ2v) is 4.01. The maximum Gasteiger partial charge on any atom is 0.373 e. The van der Waals surface area contributed by atoms with E-state index < -0.39 is 12.1 Å². The number of ether oxygens (including phenoxy) is 1. The van der Waals surface area contributed by atoms with Gasteiger partial charge in [0.05, 0.1) is 5.69 Å². The number of oxazole rings is 1. The van der Waals surface area contributed by atoms with Crippen LogP contribution < -0.4 is 0 Å². The SMILES string of the molecule is CCc1nc(C(OC)c2ccccc2)oc1C(=O)O. The molecular weight excluding hydrogens is 246 g/mol. The lowest BCUT2D eigenvalue weighted by atomic mass is 10.1. The molecule has 1 unspecified atom stereocenters. The molecule has 0 fully saturated rings. The Balaban J connectivity index is 2.42. The highest BCUT2D eigenvalue weighted by Crippen LogP contribution is 2.26. The molecule has 0 saturated carbocycles. The summed E-state index contributed by atoms with van der Waals surface area (Å²) in [6.07, 6.45) is -0.00398. The first-order valence-electron chi connectivity index (χ1n) is 5.98. The summed E-state index contributed by atoms with van der Waals surface area (Å²) < 4.78 is 10.7. The Bertz CT molecular complexity index is 562. The number of nitrogens with zero attached hydrogens (tertiary/aromatic N) is 1. The molecule has 0 aliphatic rings. The smallest absolute Gasteiger partial charge is 0.373 e. The van der Waals surface area contributed by atoms with Gasteiger partial charge in [-0.2, -0.15) is 0 Å². The first-order chi connectivity index (χ1) is 9.17. The van der Waals surface area contributed by atoms with Gasteiger partial charge in [-0.05, 0) is 12.0 Å². The number of carbonyl (C=O) groups is 1. The van der Waals surface area contributed by atoms with Crippen LogP contribution in [-0.4, -0.2) is 23.2 Å². The summed E-state index contributed by atoms with van der Waals surface area (Å²) in [5, 5.41) is 9.06. The van der Waals surface area contributed by atoms with Crippen LogP contribution in [0.15, 0.2) is 34.7 Å². The van der Waals surface area contributed by atoms with E-state index in [4.69, 9.17) is 14.3 Å². The van der Waals surface area contributed by atoms with Crippen molar-refractivity contribution in [3.05, 3.63) is 53.2 Å². The molecule has 1 N–H and O–H groups in total. The maximum atomic E-state index is 11.1. The van der Waals surface area contributed by atoms with Gasteiger partial charge in [0, 0.05) is 7.11 Å². The van der Waals surface area contributed by atoms with Gasteiger partial charge in [0.2, 0.25) is 11.7 Å². The Hall–Kier alpha value is -2.14. The number of aryl methyl sites for hydroxylation is 1. The van der Waals surface area contributed by atoms with Crippen molar-refractivity contribution in [1.82, 2.24) is 4.98 Å². The summed E-state index contributed by atoms with van der Waals surface area (Å²) in [7, 11) is 1.54. The molecule has 2 aromatic rings. The quantitative estimate of drug-likeness (QED) is 0.895. The third-order valence-electron chi connectivity index (χ3n) is 2.81. The van der Waals surface area contributed by atoms with Gasteiger partial charge in [-0.3, -0.25) is 0 Å². The van der Waals surface area contributed by atoms with Gasteiger partial charge in [0.1, 0.15) is 0 Å². The second kappa shape index (κ2) is 5.67. The molecule has 1 heterocycles. The molecule has 100 valence electrons. The number of hydrogen-bond acceptors (Lipinski definition) is 4. The van der Waals surface area contributed by atoms with Crippen LogP contribution in [0.1, 0.15) is 40.7 Å². The number of carboxylic acids is 1. The Labute approximate surface area is 110 Å². The number of methoxy groups -OCH3 is 1. The van der Waals surface area contributed by atoms with Gasteiger partial charge in [-0.25, -0.2) is 9.78 Å². The van der Waals surface area contributed by atoms with Crippen molar-refractivity contribution in [1.29, 1.82) is 0 Å². The number of benzene rings is 1. The van der Waals surface area contributed by atoms with E-state index in [0.29, 0.717) is 12.1 Å². The zero-order chi connectivity index (χ0) is 13.8. The van der Waals surface area contributed by atoms with Crippen molar-refractivity contribution >= 4 is 5.97 Å². The molecule has 1 aromatic heterocycles. The molecule has 0 amide bonds. The Morgan fingerprint density at radius 1 is 1.42 bits per heavy atom. The lowest BCUT2D eigenvalue weighted by Gasteiger charge is -2.11. The predicted octanol–water partition coefficient (Wildman–Crippen LogP) is 2.67. The molecule has 19 heavy (non-hydrogen) atoms. The van der Waals surface area contributed by atoms with Gasteiger partial charge >= 0.3 is 5.97 Å². The third-order valence-corrected chi connectivity index (χ3v) is 2.81. The maximum absolute atomic E-state index is 11.1. The molecule has 5 nitrogen and oxygen atoms in total. The minimum Gasteiger partial charge on any atom is -0.475 e. The summed E-state index contributed by atoms with van der Waals surface area (Å²) in [6.45, 7) is 1.83. The van der Waals surface area contributed by atoms with E-state index in [1.807, 2.05) is 37.3 Å². The van der Waals surface area contributed by atoms with Crippen molar-refractivity contribution < 1.29 is 19.1 Å². The predicted molar refractivity (Wildman–Crippen MR) is 68.1 cm³/mol. The van der Waals surface area contributed by atoms with Crippen LogP contribution in [0.3, 0.4) is 0 Å².